The van der Waals surface area contributed by atoms with E-state index < -0.39 is 0 Å². The summed E-state index contributed by atoms with van der Waals surface area (Å²) in [5.74, 6) is 2.07. The molecule has 1 aliphatic heterocycles. The molecule has 1 heterocycles. The molecule has 4 heteroatoms. The maximum Gasteiger partial charge on any atom is 0.119 e. The lowest BCUT2D eigenvalue weighted by Crippen LogP contribution is -2.25. The van der Waals surface area contributed by atoms with E-state index >= 15 is 0 Å². The van der Waals surface area contributed by atoms with Crippen LogP contribution in [-0.2, 0) is 11.2 Å². The van der Waals surface area contributed by atoms with Gasteiger partial charge in [0, 0.05) is 23.7 Å². The summed E-state index contributed by atoms with van der Waals surface area (Å²) in [5, 5.41) is 4.08. The fourth-order valence-corrected chi connectivity index (χ4v) is 4.71. The van der Waals surface area contributed by atoms with Gasteiger partial charge in [0.25, 0.3) is 0 Å². The van der Waals surface area contributed by atoms with Crippen LogP contribution in [0.15, 0.2) is 18.2 Å². The SMILES string of the molecule is CNC1c2cc(OC)ccc2CC1SCC1CCCO1. The van der Waals surface area contributed by atoms with Crippen molar-refractivity contribution in [3.63, 3.8) is 0 Å². The van der Waals surface area contributed by atoms with Gasteiger partial charge in [-0.05, 0) is 49.6 Å². The quantitative estimate of drug-likeness (QED) is 0.904. The van der Waals surface area contributed by atoms with Crippen molar-refractivity contribution in [1.82, 2.24) is 5.32 Å². The lowest BCUT2D eigenvalue weighted by Gasteiger charge is -2.21. The van der Waals surface area contributed by atoms with Gasteiger partial charge < -0.3 is 14.8 Å². The first-order valence-electron chi connectivity index (χ1n) is 7.39. The van der Waals surface area contributed by atoms with E-state index in [1.807, 2.05) is 0 Å². The van der Waals surface area contributed by atoms with E-state index in [9.17, 15) is 0 Å². The molecule has 0 amide bonds. The second-order valence-corrected chi connectivity index (χ2v) is 6.81. The molecule has 0 bridgehead atoms. The highest BCUT2D eigenvalue weighted by Crippen LogP contribution is 2.40. The van der Waals surface area contributed by atoms with E-state index in [2.05, 4.69) is 42.3 Å². The summed E-state index contributed by atoms with van der Waals surface area (Å²) >= 11 is 2.06. The van der Waals surface area contributed by atoms with Crippen LogP contribution in [0.1, 0.15) is 30.0 Å². The minimum atomic E-state index is 0.423. The molecule has 0 saturated carbocycles. The third-order valence-electron chi connectivity index (χ3n) is 4.31. The number of ether oxygens (including phenoxy) is 2. The van der Waals surface area contributed by atoms with E-state index in [1.165, 1.54) is 24.0 Å². The molecule has 0 aromatic heterocycles. The Bertz CT molecular complexity index is 460. The van der Waals surface area contributed by atoms with E-state index in [-0.39, 0.29) is 0 Å². The van der Waals surface area contributed by atoms with Crippen LogP contribution in [0.3, 0.4) is 0 Å². The molecule has 3 unspecified atom stereocenters. The number of nitrogens with one attached hydrogen (secondary N) is 1. The lowest BCUT2D eigenvalue weighted by atomic mass is 10.1. The number of rotatable bonds is 5. The standard InChI is InChI=1S/C16H23NO2S/c1-17-16-14-9-12(18-2)6-5-11(14)8-15(16)20-10-13-4-3-7-19-13/h5-6,9,13,15-17H,3-4,7-8,10H2,1-2H3. The highest BCUT2D eigenvalue weighted by atomic mass is 32.2. The van der Waals surface area contributed by atoms with Gasteiger partial charge in [0.05, 0.1) is 13.2 Å². The van der Waals surface area contributed by atoms with Gasteiger partial charge in [0.2, 0.25) is 0 Å². The molecule has 1 fully saturated rings. The number of thioether (sulfide) groups is 1. The average molecular weight is 293 g/mol. The van der Waals surface area contributed by atoms with Gasteiger partial charge in [-0.3, -0.25) is 0 Å². The minimum absolute atomic E-state index is 0.423. The van der Waals surface area contributed by atoms with E-state index in [4.69, 9.17) is 9.47 Å². The summed E-state index contributed by atoms with van der Waals surface area (Å²) in [6.45, 7) is 0.947. The molecule has 1 aliphatic carbocycles. The number of hydrogen-bond acceptors (Lipinski definition) is 4. The van der Waals surface area contributed by atoms with Gasteiger partial charge in [-0.1, -0.05) is 6.07 Å². The molecule has 1 aromatic carbocycles. The van der Waals surface area contributed by atoms with Gasteiger partial charge >= 0.3 is 0 Å². The fraction of sp³-hybridized carbons (Fsp3) is 0.625. The Balaban J connectivity index is 1.67. The Morgan fingerprint density at radius 1 is 1.45 bits per heavy atom. The van der Waals surface area contributed by atoms with Gasteiger partial charge in [-0.2, -0.15) is 11.8 Å². The normalized spacial score (nSPS) is 28.6. The van der Waals surface area contributed by atoms with Crippen molar-refractivity contribution >= 4 is 11.8 Å². The van der Waals surface area contributed by atoms with Gasteiger partial charge in [0.15, 0.2) is 0 Å². The molecular weight excluding hydrogens is 270 g/mol. The topological polar surface area (TPSA) is 30.5 Å². The fourth-order valence-electron chi connectivity index (χ4n) is 3.21. The molecule has 3 atom stereocenters. The summed E-state index contributed by atoms with van der Waals surface area (Å²) < 4.78 is 11.1. The number of methoxy groups -OCH3 is 1. The molecule has 1 saturated heterocycles. The summed E-state index contributed by atoms with van der Waals surface area (Å²) in [4.78, 5) is 0. The van der Waals surface area contributed by atoms with E-state index in [0.29, 0.717) is 17.4 Å². The molecule has 3 nitrogen and oxygen atoms in total. The third kappa shape index (κ3) is 2.83. The van der Waals surface area contributed by atoms with Crippen molar-refractivity contribution in [2.24, 2.45) is 0 Å². The maximum absolute atomic E-state index is 5.73. The first-order chi connectivity index (χ1) is 9.81. The van der Waals surface area contributed by atoms with Crippen LogP contribution in [0.5, 0.6) is 5.75 Å². The monoisotopic (exact) mass is 293 g/mol. The van der Waals surface area contributed by atoms with Crippen LogP contribution >= 0.6 is 11.8 Å². The smallest absolute Gasteiger partial charge is 0.119 e. The Labute approximate surface area is 125 Å². The van der Waals surface area contributed by atoms with Crippen LogP contribution in [0.2, 0.25) is 0 Å². The Hall–Kier alpha value is -0.710. The minimum Gasteiger partial charge on any atom is -0.497 e. The highest BCUT2D eigenvalue weighted by Gasteiger charge is 2.32. The van der Waals surface area contributed by atoms with Crippen molar-refractivity contribution in [2.45, 2.75) is 36.7 Å². The zero-order valence-corrected chi connectivity index (χ0v) is 13.0. The van der Waals surface area contributed by atoms with Gasteiger partial charge in [0.1, 0.15) is 5.75 Å². The first kappa shape index (κ1) is 14.2. The average Bonchev–Trinajstić information content (AvgIpc) is 3.11. The van der Waals surface area contributed by atoms with E-state index in [1.54, 1.807) is 7.11 Å². The van der Waals surface area contributed by atoms with Crippen LogP contribution in [0.4, 0.5) is 0 Å². The molecule has 0 spiro atoms. The number of benzene rings is 1. The Morgan fingerprint density at radius 3 is 3.05 bits per heavy atom. The predicted molar refractivity (Wildman–Crippen MR) is 83.7 cm³/mol. The zero-order valence-electron chi connectivity index (χ0n) is 12.2. The second kappa shape index (κ2) is 6.37. The molecule has 2 aliphatic rings. The molecular formula is C16H23NO2S. The van der Waals surface area contributed by atoms with Gasteiger partial charge in [-0.15, -0.1) is 0 Å². The maximum atomic E-state index is 5.73. The summed E-state index contributed by atoms with van der Waals surface area (Å²) in [5.41, 5.74) is 2.85. The Kier molecular flexibility index (Phi) is 4.54. The molecule has 110 valence electrons. The van der Waals surface area contributed by atoms with Crippen LogP contribution in [0, 0.1) is 0 Å². The summed E-state index contributed by atoms with van der Waals surface area (Å²) in [7, 11) is 3.79. The second-order valence-electron chi connectivity index (χ2n) is 5.54. The van der Waals surface area contributed by atoms with Crippen molar-refractivity contribution in [3.8, 4) is 5.75 Å². The summed E-state index contributed by atoms with van der Waals surface area (Å²) in [6, 6.07) is 6.89. The van der Waals surface area contributed by atoms with Crippen molar-refractivity contribution < 1.29 is 9.47 Å². The Morgan fingerprint density at radius 2 is 2.35 bits per heavy atom. The van der Waals surface area contributed by atoms with Crippen LogP contribution in [-0.4, -0.2) is 37.9 Å². The highest BCUT2D eigenvalue weighted by molar-refractivity contribution is 8.00. The number of fused-ring (bicyclic) bond motifs is 1. The molecule has 0 radical (unpaired) electrons. The lowest BCUT2D eigenvalue weighted by molar-refractivity contribution is 0.128. The third-order valence-corrected chi connectivity index (χ3v) is 5.74. The van der Waals surface area contributed by atoms with Crippen LogP contribution in [0.25, 0.3) is 0 Å². The van der Waals surface area contributed by atoms with Crippen molar-refractivity contribution in [1.29, 1.82) is 0 Å². The largest absolute Gasteiger partial charge is 0.497 e. The predicted octanol–water partition coefficient (Wildman–Crippen LogP) is 2.79. The van der Waals surface area contributed by atoms with Crippen LogP contribution < -0.4 is 10.1 Å². The van der Waals surface area contributed by atoms with Gasteiger partial charge in [-0.25, -0.2) is 0 Å². The molecule has 20 heavy (non-hydrogen) atoms. The first-order valence-corrected chi connectivity index (χ1v) is 8.44. The zero-order chi connectivity index (χ0) is 13.9. The van der Waals surface area contributed by atoms with Crippen molar-refractivity contribution in [2.75, 3.05) is 26.5 Å². The van der Waals surface area contributed by atoms with E-state index in [0.717, 1.165) is 24.5 Å². The molecule has 1 aromatic rings. The van der Waals surface area contributed by atoms with Crippen molar-refractivity contribution in [3.05, 3.63) is 29.3 Å². The number of hydrogen-bond donors (Lipinski definition) is 1. The molecule has 1 N–H and O–H groups in total. The molecule has 3 rings (SSSR count). The summed E-state index contributed by atoms with van der Waals surface area (Å²) in [6.07, 6.45) is 4.06.